The molecule has 2 heterocycles. The predicted molar refractivity (Wildman–Crippen MR) is 79.8 cm³/mol. The van der Waals surface area contributed by atoms with Crippen molar-refractivity contribution in [3.8, 4) is 11.6 Å². The maximum Gasteiger partial charge on any atom is 0.272 e. The molecule has 0 saturated heterocycles. The second-order valence-electron chi connectivity index (χ2n) is 4.46. The number of rotatable bonds is 4. The first-order valence-corrected chi connectivity index (χ1v) is 7.05. The van der Waals surface area contributed by atoms with Gasteiger partial charge in [-0.3, -0.25) is 10.1 Å². The SMILES string of the molecule is Cc1cc(Sc2nnc(-c3ccco3)n2N)ccc1[N+](=O)[O-]. The second-order valence-corrected chi connectivity index (χ2v) is 5.50. The minimum Gasteiger partial charge on any atom is -0.461 e. The van der Waals surface area contributed by atoms with E-state index >= 15 is 0 Å². The van der Waals surface area contributed by atoms with Gasteiger partial charge in [0.2, 0.25) is 11.0 Å². The maximum atomic E-state index is 10.8. The molecule has 0 spiro atoms. The lowest BCUT2D eigenvalue weighted by Gasteiger charge is -2.03. The van der Waals surface area contributed by atoms with E-state index in [9.17, 15) is 10.1 Å². The fraction of sp³-hybridized carbons (Fsp3) is 0.0769. The standard InChI is InChI=1S/C13H11N5O3S/c1-8-7-9(4-5-10(8)18(19)20)22-13-16-15-12(17(13)14)11-3-2-6-21-11/h2-7H,14H2,1H3. The quantitative estimate of drug-likeness (QED) is 0.447. The Bertz CT molecular complexity index is 828. The fourth-order valence-electron chi connectivity index (χ4n) is 1.92. The van der Waals surface area contributed by atoms with Gasteiger partial charge in [0.15, 0.2) is 5.76 Å². The third-order valence-electron chi connectivity index (χ3n) is 2.98. The molecule has 3 rings (SSSR count). The summed E-state index contributed by atoms with van der Waals surface area (Å²) in [6, 6.07) is 8.29. The molecule has 0 fully saturated rings. The molecule has 0 radical (unpaired) electrons. The van der Waals surface area contributed by atoms with Crippen LogP contribution in [-0.2, 0) is 0 Å². The van der Waals surface area contributed by atoms with Gasteiger partial charge in [-0.15, -0.1) is 10.2 Å². The summed E-state index contributed by atoms with van der Waals surface area (Å²) in [4.78, 5) is 11.2. The Morgan fingerprint density at radius 2 is 2.18 bits per heavy atom. The van der Waals surface area contributed by atoms with E-state index in [1.54, 1.807) is 31.2 Å². The van der Waals surface area contributed by atoms with E-state index in [1.165, 1.54) is 28.8 Å². The van der Waals surface area contributed by atoms with Gasteiger partial charge in [0.25, 0.3) is 5.69 Å². The largest absolute Gasteiger partial charge is 0.461 e. The van der Waals surface area contributed by atoms with Crippen LogP contribution in [-0.4, -0.2) is 19.8 Å². The van der Waals surface area contributed by atoms with Gasteiger partial charge in [-0.1, -0.05) is 0 Å². The van der Waals surface area contributed by atoms with Crippen molar-refractivity contribution >= 4 is 17.4 Å². The number of nitrogens with two attached hydrogens (primary N) is 1. The monoisotopic (exact) mass is 317 g/mol. The number of hydrogen-bond acceptors (Lipinski definition) is 7. The number of furan rings is 1. The van der Waals surface area contributed by atoms with Crippen LogP contribution in [0.3, 0.4) is 0 Å². The lowest BCUT2D eigenvalue weighted by atomic mass is 10.2. The fourth-order valence-corrected chi connectivity index (χ4v) is 2.77. The maximum absolute atomic E-state index is 10.8. The minimum absolute atomic E-state index is 0.0786. The summed E-state index contributed by atoms with van der Waals surface area (Å²) in [6.07, 6.45) is 1.52. The average molecular weight is 317 g/mol. The lowest BCUT2D eigenvalue weighted by Crippen LogP contribution is -2.11. The molecule has 1 aromatic carbocycles. The molecular formula is C13H11N5O3S. The summed E-state index contributed by atoms with van der Waals surface area (Å²) in [5.41, 5.74) is 0.652. The topological polar surface area (TPSA) is 113 Å². The summed E-state index contributed by atoms with van der Waals surface area (Å²) in [5, 5.41) is 19.3. The van der Waals surface area contributed by atoms with E-state index in [0.717, 1.165) is 4.90 Å². The zero-order valence-electron chi connectivity index (χ0n) is 11.5. The van der Waals surface area contributed by atoms with Gasteiger partial charge in [-0.25, -0.2) is 4.68 Å². The van der Waals surface area contributed by atoms with Crippen LogP contribution < -0.4 is 5.84 Å². The number of nitrogen functional groups attached to an aromatic ring is 1. The molecular weight excluding hydrogens is 306 g/mol. The number of hydrogen-bond donors (Lipinski definition) is 1. The first-order chi connectivity index (χ1) is 10.6. The van der Waals surface area contributed by atoms with Crippen molar-refractivity contribution in [1.82, 2.24) is 14.9 Å². The predicted octanol–water partition coefficient (Wildman–Crippen LogP) is 2.62. The van der Waals surface area contributed by atoms with Crippen molar-refractivity contribution in [2.24, 2.45) is 0 Å². The highest BCUT2D eigenvalue weighted by Crippen LogP contribution is 2.31. The van der Waals surface area contributed by atoms with E-state index in [0.29, 0.717) is 22.3 Å². The van der Waals surface area contributed by atoms with E-state index in [1.807, 2.05) is 0 Å². The Labute approximate surface area is 129 Å². The minimum atomic E-state index is -0.412. The smallest absolute Gasteiger partial charge is 0.272 e. The Kier molecular flexibility index (Phi) is 3.55. The van der Waals surface area contributed by atoms with E-state index in [-0.39, 0.29) is 5.69 Å². The summed E-state index contributed by atoms with van der Waals surface area (Å²) in [6.45, 7) is 1.68. The molecule has 8 nitrogen and oxygen atoms in total. The normalized spacial score (nSPS) is 10.8. The van der Waals surface area contributed by atoms with Crippen LogP contribution in [0, 0.1) is 17.0 Å². The molecule has 3 aromatic rings. The summed E-state index contributed by atoms with van der Waals surface area (Å²) in [7, 11) is 0. The van der Waals surface area contributed by atoms with Crippen LogP contribution in [0.1, 0.15) is 5.56 Å². The zero-order valence-corrected chi connectivity index (χ0v) is 12.3. The zero-order chi connectivity index (χ0) is 15.7. The average Bonchev–Trinajstić information content (AvgIpc) is 3.09. The molecule has 0 unspecified atom stereocenters. The number of nitrogens with zero attached hydrogens (tertiary/aromatic N) is 4. The van der Waals surface area contributed by atoms with Gasteiger partial charge >= 0.3 is 0 Å². The second kappa shape index (κ2) is 5.53. The van der Waals surface area contributed by atoms with Crippen molar-refractivity contribution in [2.45, 2.75) is 17.0 Å². The van der Waals surface area contributed by atoms with E-state index < -0.39 is 4.92 Å². The van der Waals surface area contributed by atoms with Crippen molar-refractivity contribution < 1.29 is 9.34 Å². The molecule has 2 aromatic heterocycles. The molecule has 0 saturated carbocycles. The van der Waals surface area contributed by atoms with Gasteiger partial charge in [0.05, 0.1) is 11.2 Å². The van der Waals surface area contributed by atoms with Crippen molar-refractivity contribution in [1.29, 1.82) is 0 Å². The highest BCUT2D eigenvalue weighted by atomic mass is 32.2. The van der Waals surface area contributed by atoms with Crippen molar-refractivity contribution in [3.05, 3.63) is 52.3 Å². The van der Waals surface area contributed by atoms with Gasteiger partial charge in [0, 0.05) is 16.5 Å². The summed E-state index contributed by atoms with van der Waals surface area (Å²) >= 11 is 1.27. The Balaban J connectivity index is 1.88. The van der Waals surface area contributed by atoms with Gasteiger partial charge in [-0.2, -0.15) is 0 Å². The number of nitro benzene ring substituents is 1. The number of aryl methyl sites for hydroxylation is 1. The molecule has 112 valence electrons. The first-order valence-electron chi connectivity index (χ1n) is 6.23. The molecule has 0 aliphatic carbocycles. The molecule has 2 N–H and O–H groups in total. The van der Waals surface area contributed by atoms with Crippen LogP contribution in [0.25, 0.3) is 11.6 Å². The third kappa shape index (κ3) is 2.53. The van der Waals surface area contributed by atoms with Gasteiger partial charge < -0.3 is 10.3 Å². The van der Waals surface area contributed by atoms with Crippen LogP contribution in [0.5, 0.6) is 0 Å². The Hall–Kier alpha value is -2.81. The highest BCUT2D eigenvalue weighted by Gasteiger charge is 2.16. The molecule has 22 heavy (non-hydrogen) atoms. The number of benzene rings is 1. The molecule has 0 aliphatic rings. The van der Waals surface area contributed by atoms with Crippen LogP contribution in [0.4, 0.5) is 5.69 Å². The van der Waals surface area contributed by atoms with Gasteiger partial charge in [0.1, 0.15) is 0 Å². The molecule has 9 heteroatoms. The summed E-state index contributed by atoms with van der Waals surface area (Å²) < 4.78 is 6.56. The van der Waals surface area contributed by atoms with E-state index in [2.05, 4.69) is 10.2 Å². The lowest BCUT2D eigenvalue weighted by molar-refractivity contribution is -0.385. The number of aromatic nitrogens is 3. The van der Waals surface area contributed by atoms with Crippen LogP contribution >= 0.6 is 11.8 Å². The van der Waals surface area contributed by atoms with Crippen molar-refractivity contribution in [2.75, 3.05) is 5.84 Å². The number of nitro groups is 1. The highest BCUT2D eigenvalue weighted by molar-refractivity contribution is 7.99. The third-order valence-corrected chi connectivity index (χ3v) is 3.93. The Morgan fingerprint density at radius 1 is 1.36 bits per heavy atom. The van der Waals surface area contributed by atoms with Gasteiger partial charge in [-0.05, 0) is 43.0 Å². The van der Waals surface area contributed by atoms with Crippen LogP contribution in [0.2, 0.25) is 0 Å². The first kappa shape index (κ1) is 14.1. The van der Waals surface area contributed by atoms with Crippen LogP contribution in [0.15, 0.2) is 51.1 Å². The summed E-state index contributed by atoms with van der Waals surface area (Å²) in [5.74, 6) is 6.89. The molecule has 0 bridgehead atoms. The Morgan fingerprint density at radius 3 is 2.82 bits per heavy atom. The molecule has 0 amide bonds. The molecule has 0 aliphatic heterocycles. The van der Waals surface area contributed by atoms with E-state index in [4.69, 9.17) is 10.3 Å². The van der Waals surface area contributed by atoms with Crippen molar-refractivity contribution in [3.63, 3.8) is 0 Å². The molecule has 0 atom stereocenters.